The van der Waals surface area contributed by atoms with Crippen LogP contribution in [0.5, 0.6) is 5.75 Å². The Morgan fingerprint density at radius 1 is 1.47 bits per heavy atom. The molecule has 0 heterocycles. The van der Waals surface area contributed by atoms with Gasteiger partial charge in [0.25, 0.3) is 0 Å². The van der Waals surface area contributed by atoms with Crippen LogP contribution in [0.15, 0.2) is 18.2 Å². The lowest BCUT2D eigenvalue weighted by Gasteiger charge is -2.11. The Morgan fingerprint density at radius 3 is 2.71 bits per heavy atom. The van der Waals surface area contributed by atoms with E-state index in [2.05, 4.69) is 5.43 Å². The van der Waals surface area contributed by atoms with Gasteiger partial charge >= 0.3 is 0 Å². The van der Waals surface area contributed by atoms with Crippen molar-refractivity contribution in [2.24, 2.45) is 0 Å². The molecule has 0 fully saturated rings. The van der Waals surface area contributed by atoms with E-state index in [0.717, 1.165) is 5.56 Å². The summed E-state index contributed by atoms with van der Waals surface area (Å²) in [5.41, 5.74) is 3.71. The SMILES string of the molecule is COc1ccc(CCC(=O)NN(C)C)cc1Cl. The maximum atomic E-state index is 11.4. The highest BCUT2D eigenvalue weighted by Crippen LogP contribution is 2.25. The third-order valence-corrected chi connectivity index (χ3v) is 2.50. The summed E-state index contributed by atoms with van der Waals surface area (Å²) in [6.45, 7) is 0. The summed E-state index contributed by atoms with van der Waals surface area (Å²) in [7, 11) is 5.13. The first kappa shape index (κ1) is 13.8. The fourth-order valence-corrected chi connectivity index (χ4v) is 1.71. The quantitative estimate of drug-likeness (QED) is 0.818. The number of carbonyl (C=O) groups is 1. The van der Waals surface area contributed by atoms with Crippen molar-refractivity contribution in [3.8, 4) is 5.75 Å². The lowest BCUT2D eigenvalue weighted by atomic mass is 10.1. The second-order valence-corrected chi connectivity index (χ2v) is 4.31. The van der Waals surface area contributed by atoms with Crippen molar-refractivity contribution in [3.63, 3.8) is 0 Å². The largest absolute Gasteiger partial charge is 0.495 e. The molecule has 5 heteroatoms. The van der Waals surface area contributed by atoms with Crippen LogP contribution in [-0.2, 0) is 11.2 Å². The molecule has 0 atom stereocenters. The van der Waals surface area contributed by atoms with E-state index >= 15 is 0 Å². The highest BCUT2D eigenvalue weighted by molar-refractivity contribution is 6.32. The number of amides is 1. The van der Waals surface area contributed by atoms with Crippen LogP contribution >= 0.6 is 11.6 Å². The van der Waals surface area contributed by atoms with E-state index in [9.17, 15) is 4.79 Å². The van der Waals surface area contributed by atoms with Gasteiger partial charge in [-0.2, -0.15) is 0 Å². The third-order valence-electron chi connectivity index (χ3n) is 2.21. The molecule has 17 heavy (non-hydrogen) atoms. The monoisotopic (exact) mass is 256 g/mol. The number of aryl methyl sites for hydroxylation is 1. The Hall–Kier alpha value is -1.26. The fourth-order valence-electron chi connectivity index (χ4n) is 1.43. The van der Waals surface area contributed by atoms with Crippen molar-refractivity contribution < 1.29 is 9.53 Å². The van der Waals surface area contributed by atoms with Crippen molar-refractivity contribution in [3.05, 3.63) is 28.8 Å². The molecule has 1 aromatic carbocycles. The Bertz CT molecular complexity index is 394. The minimum absolute atomic E-state index is 0.0121. The average Bonchev–Trinajstić information content (AvgIpc) is 2.25. The lowest BCUT2D eigenvalue weighted by molar-refractivity contribution is -0.124. The number of hydrogen-bond acceptors (Lipinski definition) is 3. The van der Waals surface area contributed by atoms with Crippen LogP contribution in [0.4, 0.5) is 0 Å². The van der Waals surface area contributed by atoms with E-state index in [-0.39, 0.29) is 5.91 Å². The van der Waals surface area contributed by atoms with Crippen molar-refractivity contribution >= 4 is 17.5 Å². The molecule has 0 aromatic heterocycles. The molecule has 0 aliphatic heterocycles. The topological polar surface area (TPSA) is 41.6 Å². The Morgan fingerprint density at radius 2 is 2.18 bits per heavy atom. The van der Waals surface area contributed by atoms with Gasteiger partial charge in [0.05, 0.1) is 12.1 Å². The molecule has 0 aliphatic carbocycles. The van der Waals surface area contributed by atoms with Gasteiger partial charge in [0.1, 0.15) is 5.75 Å². The van der Waals surface area contributed by atoms with Crippen molar-refractivity contribution in [2.45, 2.75) is 12.8 Å². The van der Waals surface area contributed by atoms with Gasteiger partial charge in [-0.3, -0.25) is 10.2 Å². The molecule has 1 aromatic rings. The van der Waals surface area contributed by atoms with Crippen LogP contribution < -0.4 is 10.2 Å². The summed E-state index contributed by atoms with van der Waals surface area (Å²) >= 11 is 6.00. The minimum atomic E-state index is -0.0121. The highest BCUT2D eigenvalue weighted by Gasteiger charge is 2.05. The van der Waals surface area contributed by atoms with E-state index in [1.54, 1.807) is 26.2 Å². The predicted molar refractivity (Wildman–Crippen MR) is 68.2 cm³/mol. The van der Waals surface area contributed by atoms with E-state index < -0.39 is 0 Å². The predicted octanol–water partition coefficient (Wildman–Crippen LogP) is 1.87. The molecule has 1 amide bonds. The first-order chi connectivity index (χ1) is 8.02. The summed E-state index contributed by atoms with van der Waals surface area (Å²) in [6, 6.07) is 5.54. The van der Waals surface area contributed by atoms with Crippen molar-refractivity contribution in [2.75, 3.05) is 21.2 Å². The zero-order chi connectivity index (χ0) is 12.8. The van der Waals surface area contributed by atoms with E-state index in [1.165, 1.54) is 0 Å². The lowest BCUT2D eigenvalue weighted by Crippen LogP contribution is -2.36. The summed E-state index contributed by atoms with van der Waals surface area (Å²) in [6.07, 6.45) is 1.09. The molecule has 4 nitrogen and oxygen atoms in total. The highest BCUT2D eigenvalue weighted by atomic mass is 35.5. The molecule has 1 N–H and O–H groups in total. The van der Waals surface area contributed by atoms with Gasteiger partial charge in [-0.1, -0.05) is 17.7 Å². The number of rotatable bonds is 5. The second-order valence-electron chi connectivity index (χ2n) is 3.90. The number of hydrazine groups is 1. The van der Waals surface area contributed by atoms with Crippen LogP contribution in [0.3, 0.4) is 0 Å². The van der Waals surface area contributed by atoms with Crippen LogP contribution in [0.2, 0.25) is 5.02 Å². The second kappa shape index (κ2) is 6.47. The molecular weight excluding hydrogens is 240 g/mol. The van der Waals surface area contributed by atoms with Crippen molar-refractivity contribution in [1.82, 2.24) is 10.4 Å². The normalized spacial score (nSPS) is 10.4. The summed E-state index contributed by atoms with van der Waals surface area (Å²) in [5, 5.41) is 2.20. The smallest absolute Gasteiger partial charge is 0.234 e. The zero-order valence-corrected chi connectivity index (χ0v) is 11.0. The maximum Gasteiger partial charge on any atom is 0.234 e. The fraction of sp³-hybridized carbons (Fsp3) is 0.417. The molecule has 0 bridgehead atoms. The van der Waals surface area contributed by atoms with Gasteiger partial charge in [0.2, 0.25) is 5.91 Å². The number of halogens is 1. The van der Waals surface area contributed by atoms with Crippen LogP contribution in [0, 0.1) is 0 Å². The Kier molecular flexibility index (Phi) is 5.25. The third kappa shape index (κ3) is 4.63. The van der Waals surface area contributed by atoms with Gasteiger partial charge in [-0.15, -0.1) is 0 Å². The standard InChI is InChI=1S/C12H17ClN2O2/c1-15(2)14-12(16)7-5-9-4-6-11(17-3)10(13)8-9/h4,6,8H,5,7H2,1-3H3,(H,14,16). The molecule has 0 saturated heterocycles. The molecule has 0 radical (unpaired) electrons. The summed E-state index contributed by atoms with van der Waals surface area (Å²) < 4.78 is 5.06. The molecule has 0 aliphatic rings. The number of nitrogens with one attached hydrogen (secondary N) is 1. The maximum absolute atomic E-state index is 11.4. The van der Waals surface area contributed by atoms with Gasteiger partial charge in [-0.25, -0.2) is 5.01 Å². The minimum Gasteiger partial charge on any atom is -0.495 e. The number of ether oxygens (including phenoxy) is 1. The molecular formula is C12H17ClN2O2. The number of benzene rings is 1. The molecule has 94 valence electrons. The number of methoxy groups -OCH3 is 1. The van der Waals surface area contributed by atoms with Gasteiger partial charge in [0, 0.05) is 20.5 Å². The number of nitrogens with zero attached hydrogens (tertiary/aromatic N) is 1. The van der Waals surface area contributed by atoms with Crippen LogP contribution in [-0.4, -0.2) is 32.1 Å². The van der Waals surface area contributed by atoms with E-state index in [0.29, 0.717) is 23.6 Å². The van der Waals surface area contributed by atoms with Crippen molar-refractivity contribution in [1.29, 1.82) is 0 Å². The zero-order valence-electron chi connectivity index (χ0n) is 10.3. The van der Waals surface area contributed by atoms with Gasteiger partial charge < -0.3 is 4.74 Å². The summed E-state index contributed by atoms with van der Waals surface area (Å²) in [5.74, 6) is 0.634. The van der Waals surface area contributed by atoms with Crippen LogP contribution in [0.1, 0.15) is 12.0 Å². The van der Waals surface area contributed by atoms with Gasteiger partial charge in [-0.05, 0) is 24.1 Å². The van der Waals surface area contributed by atoms with E-state index in [4.69, 9.17) is 16.3 Å². The van der Waals surface area contributed by atoms with Gasteiger partial charge in [0.15, 0.2) is 0 Å². The first-order valence-electron chi connectivity index (χ1n) is 5.32. The molecule has 1 rings (SSSR count). The number of hydrogen-bond donors (Lipinski definition) is 1. The molecule has 0 unspecified atom stereocenters. The Balaban J connectivity index is 2.52. The summed E-state index contributed by atoms with van der Waals surface area (Å²) in [4.78, 5) is 11.4. The van der Waals surface area contributed by atoms with Crippen LogP contribution in [0.25, 0.3) is 0 Å². The van der Waals surface area contributed by atoms with E-state index in [1.807, 2.05) is 18.2 Å². The Labute approximate surface area is 106 Å². The molecule has 0 spiro atoms. The molecule has 0 saturated carbocycles. The first-order valence-corrected chi connectivity index (χ1v) is 5.70. The number of carbonyl (C=O) groups excluding carboxylic acids is 1. The average molecular weight is 257 g/mol.